The van der Waals surface area contributed by atoms with Crippen LogP contribution in [0.25, 0.3) is 0 Å². The molecule has 1 heterocycles. The van der Waals surface area contributed by atoms with Crippen molar-refractivity contribution < 1.29 is 4.39 Å². The van der Waals surface area contributed by atoms with Crippen LogP contribution in [0.2, 0.25) is 5.02 Å². The summed E-state index contributed by atoms with van der Waals surface area (Å²) in [6.45, 7) is 0. The minimum Gasteiger partial charge on any atom is -0.398 e. The summed E-state index contributed by atoms with van der Waals surface area (Å²) in [7, 11) is 0. The Bertz CT molecular complexity index is 529. The average Bonchev–Trinajstić information content (AvgIpc) is 2.33. The van der Waals surface area contributed by atoms with Crippen LogP contribution in [-0.4, -0.2) is 4.98 Å². The summed E-state index contributed by atoms with van der Waals surface area (Å²) < 4.78 is 13.6. The van der Waals surface area contributed by atoms with Gasteiger partial charge in [-0.25, -0.2) is 4.39 Å². The normalized spacial score (nSPS) is 10.5. The van der Waals surface area contributed by atoms with E-state index in [1.807, 2.05) is 0 Å². The average molecular weight is 251 g/mol. The number of benzene rings is 1. The highest BCUT2D eigenvalue weighted by Crippen LogP contribution is 2.20. The van der Waals surface area contributed by atoms with Crippen molar-refractivity contribution in [2.45, 2.75) is 12.8 Å². The first-order valence-corrected chi connectivity index (χ1v) is 5.67. The zero-order chi connectivity index (χ0) is 12.3. The minimum atomic E-state index is -0.350. The van der Waals surface area contributed by atoms with Gasteiger partial charge in [-0.2, -0.15) is 0 Å². The summed E-state index contributed by atoms with van der Waals surface area (Å²) in [5, 5.41) is 0.154. The molecule has 0 saturated heterocycles. The lowest BCUT2D eigenvalue weighted by Crippen LogP contribution is -1.99. The van der Waals surface area contributed by atoms with Crippen molar-refractivity contribution >= 4 is 17.3 Å². The second kappa shape index (κ2) is 5.15. The number of hydrogen-bond donors (Lipinski definition) is 1. The van der Waals surface area contributed by atoms with E-state index < -0.39 is 0 Å². The number of nitrogen functional groups attached to an aromatic ring is 1. The van der Waals surface area contributed by atoms with E-state index in [0.717, 1.165) is 5.56 Å². The minimum absolute atomic E-state index is 0.154. The smallest absolute Gasteiger partial charge is 0.144 e. The van der Waals surface area contributed by atoms with Gasteiger partial charge in [-0.05, 0) is 36.1 Å². The number of hydrogen-bond acceptors (Lipinski definition) is 2. The highest BCUT2D eigenvalue weighted by Gasteiger charge is 2.07. The molecule has 4 heteroatoms. The van der Waals surface area contributed by atoms with Gasteiger partial charge in [0.15, 0.2) is 0 Å². The summed E-state index contributed by atoms with van der Waals surface area (Å²) in [6.07, 6.45) is 4.55. The number of rotatable bonds is 3. The summed E-state index contributed by atoms with van der Waals surface area (Å²) in [6, 6.07) is 6.75. The Labute approximate surface area is 104 Å². The van der Waals surface area contributed by atoms with Crippen LogP contribution in [0.5, 0.6) is 0 Å². The number of aromatic nitrogens is 1. The number of aryl methyl sites for hydroxylation is 2. The van der Waals surface area contributed by atoms with Crippen molar-refractivity contribution in [3.63, 3.8) is 0 Å². The van der Waals surface area contributed by atoms with Crippen molar-refractivity contribution in [3.05, 3.63) is 58.6 Å². The van der Waals surface area contributed by atoms with Crippen LogP contribution in [0.3, 0.4) is 0 Å². The summed E-state index contributed by atoms with van der Waals surface area (Å²) in [5.74, 6) is -0.350. The van der Waals surface area contributed by atoms with E-state index in [1.165, 1.54) is 0 Å². The molecule has 2 nitrogen and oxygen atoms in total. The third-order valence-electron chi connectivity index (χ3n) is 2.64. The molecule has 0 bridgehead atoms. The Kier molecular flexibility index (Phi) is 3.59. The highest BCUT2D eigenvalue weighted by atomic mass is 35.5. The fourth-order valence-electron chi connectivity index (χ4n) is 1.66. The maximum Gasteiger partial charge on any atom is 0.144 e. The molecule has 17 heavy (non-hydrogen) atoms. The topological polar surface area (TPSA) is 38.9 Å². The molecule has 0 spiro atoms. The van der Waals surface area contributed by atoms with Gasteiger partial charge >= 0.3 is 0 Å². The Morgan fingerprint density at radius 2 is 1.94 bits per heavy atom. The Morgan fingerprint density at radius 3 is 2.71 bits per heavy atom. The van der Waals surface area contributed by atoms with Gasteiger partial charge < -0.3 is 5.73 Å². The van der Waals surface area contributed by atoms with Gasteiger partial charge in [0.05, 0.1) is 5.02 Å². The second-order valence-electron chi connectivity index (χ2n) is 3.79. The van der Waals surface area contributed by atoms with Crippen LogP contribution in [0.4, 0.5) is 10.1 Å². The van der Waals surface area contributed by atoms with Crippen LogP contribution >= 0.6 is 11.6 Å². The van der Waals surface area contributed by atoms with Crippen LogP contribution < -0.4 is 5.73 Å². The predicted molar refractivity (Wildman–Crippen MR) is 67.5 cm³/mol. The molecule has 0 fully saturated rings. The molecule has 1 aromatic carbocycles. The standard InChI is InChI=1S/C13H12ClFN2/c14-11-3-1-2-9(13(11)15)4-5-10-8-17-7-6-12(10)16/h1-3,6-8H,4-5H2,(H2,16,17). The highest BCUT2D eigenvalue weighted by molar-refractivity contribution is 6.30. The zero-order valence-corrected chi connectivity index (χ0v) is 9.91. The van der Waals surface area contributed by atoms with E-state index in [2.05, 4.69) is 4.98 Å². The fraction of sp³-hybridized carbons (Fsp3) is 0.154. The molecule has 1 aromatic heterocycles. The summed E-state index contributed by atoms with van der Waals surface area (Å²) >= 11 is 5.71. The number of nitrogens with zero attached hydrogens (tertiary/aromatic N) is 1. The van der Waals surface area contributed by atoms with Gasteiger partial charge in [0, 0.05) is 18.1 Å². The third-order valence-corrected chi connectivity index (χ3v) is 2.93. The van der Waals surface area contributed by atoms with E-state index in [-0.39, 0.29) is 10.8 Å². The lowest BCUT2D eigenvalue weighted by atomic mass is 10.0. The molecule has 0 radical (unpaired) electrons. The first-order valence-electron chi connectivity index (χ1n) is 5.29. The van der Waals surface area contributed by atoms with Gasteiger partial charge in [0.2, 0.25) is 0 Å². The van der Waals surface area contributed by atoms with Crippen LogP contribution in [0, 0.1) is 5.82 Å². The zero-order valence-electron chi connectivity index (χ0n) is 9.16. The van der Waals surface area contributed by atoms with E-state index >= 15 is 0 Å². The first-order chi connectivity index (χ1) is 8.18. The summed E-state index contributed by atoms with van der Waals surface area (Å²) in [5.41, 5.74) is 8.00. The van der Waals surface area contributed by atoms with Crippen LogP contribution in [0.1, 0.15) is 11.1 Å². The van der Waals surface area contributed by atoms with Crippen molar-refractivity contribution in [1.29, 1.82) is 0 Å². The lowest BCUT2D eigenvalue weighted by molar-refractivity contribution is 0.609. The lowest BCUT2D eigenvalue weighted by Gasteiger charge is -2.06. The Hall–Kier alpha value is -1.61. The van der Waals surface area contributed by atoms with Crippen molar-refractivity contribution in [2.75, 3.05) is 5.73 Å². The SMILES string of the molecule is Nc1ccncc1CCc1cccc(Cl)c1F. The summed E-state index contributed by atoms with van der Waals surface area (Å²) in [4.78, 5) is 4.00. The predicted octanol–water partition coefficient (Wildman–Crippen LogP) is 3.24. The molecule has 88 valence electrons. The molecule has 0 amide bonds. The molecule has 0 aliphatic heterocycles. The van der Waals surface area contributed by atoms with Gasteiger partial charge in [-0.3, -0.25) is 4.98 Å². The molecular formula is C13H12ClFN2. The molecule has 0 saturated carbocycles. The van der Waals surface area contributed by atoms with Crippen molar-refractivity contribution in [2.24, 2.45) is 0 Å². The van der Waals surface area contributed by atoms with Gasteiger partial charge in [-0.1, -0.05) is 23.7 Å². The van der Waals surface area contributed by atoms with Gasteiger partial charge in [0.1, 0.15) is 5.82 Å². The van der Waals surface area contributed by atoms with Crippen LogP contribution in [-0.2, 0) is 12.8 Å². The number of nitrogens with two attached hydrogens (primary N) is 1. The molecule has 2 rings (SSSR count). The van der Waals surface area contributed by atoms with E-state index in [0.29, 0.717) is 24.1 Å². The Balaban J connectivity index is 2.13. The monoisotopic (exact) mass is 250 g/mol. The Morgan fingerprint density at radius 1 is 1.18 bits per heavy atom. The molecular weight excluding hydrogens is 239 g/mol. The largest absolute Gasteiger partial charge is 0.398 e. The fourth-order valence-corrected chi connectivity index (χ4v) is 1.85. The number of pyridine rings is 1. The maximum absolute atomic E-state index is 13.6. The second-order valence-corrected chi connectivity index (χ2v) is 4.19. The quantitative estimate of drug-likeness (QED) is 0.908. The number of anilines is 1. The third kappa shape index (κ3) is 2.74. The van der Waals surface area contributed by atoms with Crippen molar-refractivity contribution in [1.82, 2.24) is 4.98 Å². The van der Waals surface area contributed by atoms with E-state index in [1.54, 1.807) is 36.7 Å². The maximum atomic E-state index is 13.6. The molecule has 0 aliphatic carbocycles. The van der Waals surface area contributed by atoms with Gasteiger partial charge in [0.25, 0.3) is 0 Å². The first kappa shape index (κ1) is 11.9. The molecule has 0 aliphatic rings. The molecule has 2 aromatic rings. The number of halogens is 2. The van der Waals surface area contributed by atoms with Crippen LogP contribution in [0.15, 0.2) is 36.7 Å². The molecule has 0 unspecified atom stereocenters. The van der Waals surface area contributed by atoms with Gasteiger partial charge in [-0.15, -0.1) is 0 Å². The molecule has 0 atom stereocenters. The van der Waals surface area contributed by atoms with E-state index in [9.17, 15) is 4.39 Å². The molecule has 2 N–H and O–H groups in total. The van der Waals surface area contributed by atoms with E-state index in [4.69, 9.17) is 17.3 Å². The van der Waals surface area contributed by atoms with Crippen molar-refractivity contribution in [3.8, 4) is 0 Å².